The molecule has 2 heterocycles. The summed E-state index contributed by atoms with van der Waals surface area (Å²) in [4.78, 5) is 33.4. The second-order valence-electron chi connectivity index (χ2n) is 5.90. The van der Waals surface area contributed by atoms with Crippen LogP contribution in [0.2, 0.25) is 5.02 Å². The average Bonchev–Trinajstić information content (AvgIpc) is 2.65. The van der Waals surface area contributed by atoms with Crippen molar-refractivity contribution < 1.29 is 14.0 Å². The number of nitrogens with one attached hydrogen (secondary N) is 1. The van der Waals surface area contributed by atoms with Crippen molar-refractivity contribution in [3.63, 3.8) is 0 Å². The molecule has 0 spiro atoms. The summed E-state index contributed by atoms with van der Waals surface area (Å²) in [6, 6.07) is 11.5. The van der Waals surface area contributed by atoms with Gasteiger partial charge in [0, 0.05) is 36.1 Å². The number of hydrogen-bond donors (Lipinski definition) is 1. The largest absolute Gasteiger partial charge is 0.326 e. The maximum Gasteiger partial charge on any atom is 0.229 e. The first kappa shape index (κ1) is 19.4. The molecule has 3 rings (SSSR count). The minimum Gasteiger partial charge on any atom is -0.326 e. The van der Waals surface area contributed by atoms with E-state index >= 15 is 0 Å². The predicted molar refractivity (Wildman–Crippen MR) is 105 cm³/mol. The highest BCUT2D eigenvalue weighted by Gasteiger charge is 2.19. The Morgan fingerprint density at radius 1 is 1.18 bits per heavy atom. The van der Waals surface area contributed by atoms with Gasteiger partial charge in [0.1, 0.15) is 5.82 Å². The van der Waals surface area contributed by atoms with Gasteiger partial charge in [0.2, 0.25) is 11.8 Å². The van der Waals surface area contributed by atoms with Crippen LogP contribution in [0.15, 0.2) is 61.1 Å². The molecule has 142 valence electrons. The van der Waals surface area contributed by atoms with Crippen molar-refractivity contribution in [3.05, 3.63) is 77.5 Å². The molecule has 0 unspecified atom stereocenters. The summed E-state index contributed by atoms with van der Waals surface area (Å²) in [6.07, 6.45) is 3.91. The van der Waals surface area contributed by atoms with Gasteiger partial charge in [0.05, 0.1) is 18.3 Å². The highest BCUT2D eigenvalue weighted by molar-refractivity contribution is 6.31. The molecule has 2 amide bonds. The van der Waals surface area contributed by atoms with E-state index in [0.29, 0.717) is 16.3 Å². The van der Waals surface area contributed by atoms with Crippen molar-refractivity contribution in [3.8, 4) is 0 Å². The molecule has 3 aromatic rings. The molecule has 0 fully saturated rings. The summed E-state index contributed by atoms with van der Waals surface area (Å²) in [5.74, 6) is -1.20. The van der Waals surface area contributed by atoms with E-state index < -0.39 is 11.7 Å². The molecular formula is C20H16ClFN4O2. The van der Waals surface area contributed by atoms with Crippen LogP contribution in [-0.2, 0) is 16.0 Å². The monoisotopic (exact) mass is 398 g/mol. The number of amides is 2. The smallest absolute Gasteiger partial charge is 0.229 e. The number of aromatic nitrogens is 2. The molecule has 1 aromatic carbocycles. The Hall–Kier alpha value is -3.32. The van der Waals surface area contributed by atoms with Crippen molar-refractivity contribution >= 4 is 40.6 Å². The second-order valence-corrected chi connectivity index (χ2v) is 6.31. The van der Waals surface area contributed by atoms with E-state index in [0.717, 1.165) is 11.1 Å². The van der Waals surface area contributed by atoms with E-state index in [1.165, 1.54) is 31.5 Å². The number of halogens is 2. The molecule has 0 saturated carbocycles. The molecule has 2 aromatic heterocycles. The quantitative estimate of drug-likeness (QED) is 0.701. The van der Waals surface area contributed by atoms with Crippen LogP contribution < -0.4 is 10.2 Å². The Balaban J connectivity index is 1.83. The van der Waals surface area contributed by atoms with Gasteiger partial charge in [0.15, 0.2) is 5.82 Å². The van der Waals surface area contributed by atoms with Gasteiger partial charge in [-0.15, -0.1) is 0 Å². The Kier molecular flexibility index (Phi) is 5.96. The van der Waals surface area contributed by atoms with E-state index in [2.05, 4.69) is 15.3 Å². The molecular weight excluding hydrogens is 383 g/mol. The summed E-state index contributed by atoms with van der Waals surface area (Å²) in [6.45, 7) is 1.30. The SMILES string of the molecule is CC(=O)N(c1cc(NC(=O)Cc2ccccc2Cl)ccn1)c1ccncc1F. The fourth-order valence-electron chi connectivity index (χ4n) is 2.64. The number of nitrogens with zero attached hydrogens (tertiary/aromatic N) is 3. The number of anilines is 3. The van der Waals surface area contributed by atoms with Crippen LogP contribution in [0.5, 0.6) is 0 Å². The summed E-state index contributed by atoms with van der Waals surface area (Å²) in [5, 5.41) is 3.24. The van der Waals surface area contributed by atoms with Gasteiger partial charge in [-0.2, -0.15) is 0 Å². The highest BCUT2D eigenvalue weighted by atomic mass is 35.5. The maximum atomic E-state index is 14.1. The lowest BCUT2D eigenvalue weighted by atomic mass is 10.1. The first-order chi connectivity index (χ1) is 13.5. The number of benzene rings is 1. The number of carbonyl (C=O) groups excluding carboxylic acids is 2. The Bertz CT molecular complexity index is 1030. The van der Waals surface area contributed by atoms with Gasteiger partial charge >= 0.3 is 0 Å². The van der Waals surface area contributed by atoms with Crippen LogP contribution in [-0.4, -0.2) is 21.8 Å². The van der Waals surface area contributed by atoms with Gasteiger partial charge in [-0.1, -0.05) is 29.8 Å². The molecule has 0 bridgehead atoms. The molecule has 8 heteroatoms. The molecule has 6 nitrogen and oxygen atoms in total. The van der Waals surface area contributed by atoms with E-state index in [1.807, 2.05) is 0 Å². The van der Waals surface area contributed by atoms with Gasteiger partial charge in [-0.3, -0.25) is 19.5 Å². The first-order valence-corrected chi connectivity index (χ1v) is 8.73. The molecule has 0 aliphatic heterocycles. The van der Waals surface area contributed by atoms with Crippen molar-refractivity contribution in [1.82, 2.24) is 9.97 Å². The lowest BCUT2D eigenvalue weighted by Gasteiger charge is -2.21. The van der Waals surface area contributed by atoms with E-state index in [4.69, 9.17) is 11.6 Å². The fourth-order valence-corrected chi connectivity index (χ4v) is 2.84. The van der Waals surface area contributed by atoms with E-state index in [1.54, 1.807) is 30.3 Å². The number of hydrogen-bond acceptors (Lipinski definition) is 4. The zero-order chi connectivity index (χ0) is 20.1. The van der Waals surface area contributed by atoms with Crippen LogP contribution in [0.1, 0.15) is 12.5 Å². The van der Waals surface area contributed by atoms with Crippen LogP contribution >= 0.6 is 11.6 Å². The first-order valence-electron chi connectivity index (χ1n) is 8.35. The fraction of sp³-hybridized carbons (Fsp3) is 0.100. The van der Waals surface area contributed by atoms with Crippen LogP contribution in [0.3, 0.4) is 0 Å². The lowest BCUT2D eigenvalue weighted by molar-refractivity contribution is -0.116. The third-order valence-electron chi connectivity index (χ3n) is 3.87. The van der Waals surface area contributed by atoms with E-state index in [9.17, 15) is 14.0 Å². The van der Waals surface area contributed by atoms with Crippen LogP contribution in [0.4, 0.5) is 21.6 Å². The molecule has 0 saturated heterocycles. The third kappa shape index (κ3) is 4.50. The Morgan fingerprint density at radius 3 is 2.68 bits per heavy atom. The zero-order valence-electron chi connectivity index (χ0n) is 14.9. The van der Waals surface area contributed by atoms with Gasteiger partial charge in [0.25, 0.3) is 0 Å². The van der Waals surface area contributed by atoms with Crippen molar-refractivity contribution in [2.24, 2.45) is 0 Å². The number of rotatable bonds is 5. The minimum absolute atomic E-state index is 0.0227. The van der Waals surface area contributed by atoms with Gasteiger partial charge in [-0.25, -0.2) is 9.37 Å². The molecule has 0 radical (unpaired) electrons. The van der Waals surface area contributed by atoms with E-state index in [-0.39, 0.29) is 23.8 Å². The van der Waals surface area contributed by atoms with Crippen molar-refractivity contribution in [2.45, 2.75) is 13.3 Å². The highest BCUT2D eigenvalue weighted by Crippen LogP contribution is 2.27. The Labute approximate surface area is 166 Å². The molecule has 1 N–H and O–H groups in total. The normalized spacial score (nSPS) is 10.4. The minimum atomic E-state index is -0.660. The lowest BCUT2D eigenvalue weighted by Crippen LogP contribution is -2.25. The number of carbonyl (C=O) groups is 2. The average molecular weight is 399 g/mol. The zero-order valence-corrected chi connectivity index (χ0v) is 15.7. The summed E-state index contributed by atoms with van der Waals surface area (Å²) < 4.78 is 14.1. The topological polar surface area (TPSA) is 75.2 Å². The third-order valence-corrected chi connectivity index (χ3v) is 4.24. The predicted octanol–water partition coefficient (Wildman–Crippen LogP) is 4.13. The standard InChI is InChI=1S/C20H16ClFN4O2/c1-13(27)26(18-7-8-23-12-17(18)22)19-11-15(6-9-24-19)25-20(28)10-14-4-2-3-5-16(14)21/h2-9,11-12H,10H2,1H3,(H,24,25,28). The molecule has 0 aliphatic carbocycles. The van der Waals surface area contributed by atoms with Crippen LogP contribution in [0, 0.1) is 5.82 Å². The number of pyridine rings is 2. The Morgan fingerprint density at radius 2 is 1.96 bits per heavy atom. The van der Waals surface area contributed by atoms with Gasteiger partial charge in [-0.05, 0) is 23.8 Å². The van der Waals surface area contributed by atoms with Crippen LogP contribution in [0.25, 0.3) is 0 Å². The van der Waals surface area contributed by atoms with Gasteiger partial charge < -0.3 is 5.32 Å². The summed E-state index contributed by atoms with van der Waals surface area (Å²) in [7, 11) is 0. The summed E-state index contributed by atoms with van der Waals surface area (Å²) >= 11 is 6.08. The van der Waals surface area contributed by atoms with Crippen molar-refractivity contribution in [1.29, 1.82) is 0 Å². The maximum absolute atomic E-state index is 14.1. The van der Waals surface area contributed by atoms with Crippen molar-refractivity contribution in [2.75, 3.05) is 10.2 Å². The molecule has 0 atom stereocenters. The molecule has 0 aliphatic rings. The second kappa shape index (κ2) is 8.58. The molecule has 28 heavy (non-hydrogen) atoms. The summed E-state index contributed by atoms with van der Waals surface area (Å²) in [5.41, 5.74) is 1.14.